The lowest BCUT2D eigenvalue weighted by Gasteiger charge is -2.30. The molecular formula is C18H18N6O4. The summed E-state index contributed by atoms with van der Waals surface area (Å²) >= 11 is 0. The van der Waals surface area contributed by atoms with Crippen molar-refractivity contribution in [3.05, 3.63) is 46.9 Å². The van der Waals surface area contributed by atoms with Gasteiger partial charge in [-0.2, -0.15) is 0 Å². The molecule has 1 N–H and O–H groups in total. The van der Waals surface area contributed by atoms with Gasteiger partial charge in [-0.15, -0.1) is 0 Å². The number of morpholine rings is 1. The van der Waals surface area contributed by atoms with E-state index in [2.05, 4.69) is 25.2 Å². The van der Waals surface area contributed by atoms with Crippen LogP contribution in [0.15, 0.2) is 36.8 Å². The fourth-order valence-electron chi connectivity index (χ4n) is 3.14. The molecule has 144 valence electrons. The summed E-state index contributed by atoms with van der Waals surface area (Å²) in [4.78, 5) is 26.0. The van der Waals surface area contributed by atoms with E-state index in [1.165, 1.54) is 25.6 Å². The topological polar surface area (TPSA) is 116 Å². The summed E-state index contributed by atoms with van der Waals surface area (Å²) in [5.41, 5.74) is 1.30. The number of nitrogens with zero attached hydrogens (tertiary/aromatic N) is 5. The number of nitro benzene ring substituents is 1. The average Bonchev–Trinajstić information content (AvgIpc) is 2.74. The van der Waals surface area contributed by atoms with E-state index in [0.29, 0.717) is 35.8 Å². The summed E-state index contributed by atoms with van der Waals surface area (Å²) < 4.78 is 10.5. The highest BCUT2D eigenvalue weighted by Crippen LogP contribution is 2.35. The molecular weight excluding hydrogens is 364 g/mol. The van der Waals surface area contributed by atoms with Crippen LogP contribution in [0.4, 0.5) is 23.0 Å². The zero-order chi connectivity index (χ0) is 19.5. The van der Waals surface area contributed by atoms with Crippen LogP contribution in [0, 0.1) is 10.1 Å². The lowest BCUT2D eigenvalue weighted by Crippen LogP contribution is -2.36. The number of hydrogen-bond donors (Lipinski definition) is 1. The first-order valence-corrected chi connectivity index (χ1v) is 8.69. The Morgan fingerprint density at radius 2 is 2.04 bits per heavy atom. The van der Waals surface area contributed by atoms with Crippen LogP contribution in [0.5, 0.6) is 5.75 Å². The minimum absolute atomic E-state index is 0.147. The standard InChI is InChI=1S/C18H18N6O4/c1-27-16-10-13-12(9-15(16)24(25)26)17(21-11-20-13)22-18-14(3-2-4-19-18)23-5-7-28-8-6-23/h2-4,9-11H,5-8H2,1H3,(H,19,20,21,22). The highest BCUT2D eigenvalue weighted by molar-refractivity contribution is 5.94. The van der Waals surface area contributed by atoms with Crippen LogP contribution in [0.1, 0.15) is 0 Å². The van der Waals surface area contributed by atoms with Gasteiger partial charge in [0.05, 0.1) is 41.8 Å². The summed E-state index contributed by atoms with van der Waals surface area (Å²) in [5, 5.41) is 15.1. The molecule has 0 saturated carbocycles. The van der Waals surface area contributed by atoms with Gasteiger partial charge in [-0.05, 0) is 12.1 Å². The van der Waals surface area contributed by atoms with Gasteiger partial charge in [0, 0.05) is 31.4 Å². The Morgan fingerprint density at radius 1 is 1.21 bits per heavy atom. The molecule has 1 aliphatic heterocycles. The van der Waals surface area contributed by atoms with E-state index in [0.717, 1.165) is 18.8 Å². The molecule has 1 aliphatic rings. The molecule has 3 aromatic rings. The van der Waals surface area contributed by atoms with E-state index >= 15 is 0 Å². The number of anilines is 3. The van der Waals surface area contributed by atoms with E-state index in [9.17, 15) is 10.1 Å². The molecule has 0 aliphatic carbocycles. The number of methoxy groups -OCH3 is 1. The van der Waals surface area contributed by atoms with Crippen LogP contribution in [0.3, 0.4) is 0 Å². The first-order valence-electron chi connectivity index (χ1n) is 8.69. The van der Waals surface area contributed by atoms with Crippen molar-refractivity contribution < 1.29 is 14.4 Å². The van der Waals surface area contributed by atoms with Gasteiger partial charge < -0.3 is 19.7 Å². The average molecular weight is 382 g/mol. The fraction of sp³-hybridized carbons (Fsp3) is 0.278. The molecule has 10 nitrogen and oxygen atoms in total. The number of nitrogens with one attached hydrogen (secondary N) is 1. The zero-order valence-electron chi connectivity index (χ0n) is 15.2. The maximum Gasteiger partial charge on any atom is 0.311 e. The summed E-state index contributed by atoms with van der Waals surface area (Å²) in [5.74, 6) is 1.20. The largest absolute Gasteiger partial charge is 0.490 e. The highest BCUT2D eigenvalue weighted by Gasteiger charge is 2.20. The number of aromatic nitrogens is 3. The molecule has 28 heavy (non-hydrogen) atoms. The Hall–Kier alpha value is -3.53. The van der Waals surface area contributed by atoms with Crippen LogP contribution < -0.4 is 15.0 Å². The lowest BCUT2D eigenvalue weighted by atomic mass is 10.2. The monoisotopic (exact) mass is 382 g/mol. The van der Waals surface area contributed by atoms with Crippen molar-refractivity contribution in [1.29, 1.82) is 0 Å². The molecule has 0 radical (unpaired) electrons. The van der Waals surface area contributed by atoms with Crippen molar-refractivity contribution in [2.75, 3.05) is 43.6 Å². The number of benzene rings is 1. The van der Waals surface area contributed by atoms with E-state index in [1.807, 2.05) is 12.1 Å². The van der Waals surface area contributed by atoms with Gasteiger partial charge in [-0.25, -0.2) is 15.0 Å². The SMILES string of the molecule is COc1cc2ncnc(Nc3ncccc3N3CCOCC3)c2cc1[N+](=O)[O-]. The third-order valence-electron chi connectivity index (χ3n) is 4.51. The molecule has 1 fully saturated rings. The molecule has 0 spiro atoms. The Morgan fingerprint density at radius 3 is 2.79 bits per heavy atom. The molecule has 1 aromatic carbocycles. The van der Waals surface area contributed by atoms with Gasteiger partial charge in [0.25, 0.3) is 0 Å². The lowest BCUT2D eigenvalue weighted by molar-refractivity contribution is -0.385. The second kappa shape index (κ2) is 7.61. The maximum atomic E-state index is 11.4. The van der Waals surface area contributed by atoms with Gasteiger partial charge in [0.15, 0.2) is 11.6 Å². The molecule has 10 heteroatoms. The summed E-state index contributed by atoms with van der Waals surface area (Å²) in [7, 11) is 1.39. The van der Waals surface area contributed by atoms with Crippen LogP contribution in [-0.4, -0.2) is 53.3 Å². The Balaban J connectivity index is 1.76. The quantitative estimate of drug-likeness (QED) is 0.525. The van der Waals surface area contributed by atoms with Gasteiger partial charge in [-0.1, -0.05) is 0 Å². The van der Waals surface area contributed by atoms with E-state index in [4.69, 9.17) is 9.47 Å². The zero-order valence-corrected chi connectivity index (χ0v) is 15.2. The van der Waals surface area contributed by atoms with Crippen LogP contribution >= 0.6 is 0 Å². The second-order valence-corrected chi connectivity index (χ2v) is 6.12. The molecule has 0 unspecified atom stereocenters. The van der Waals surface area contributed by atoms with Gasteiger partial charge in [0.1, 0.15) is 12.1 Å². The number of hydrogen-bond acceptors (Lipinski definition) is 9. The number of rotatable bonds is 5. The number of ether oxygens (including phenoxy) is 2. The summed E-state index contributed by atoms with van der Waals surface area (Å²) in [6.07, 6.45) is 3.08. The predicted octanol–water partition coefficient (Wildman–Crippen LogP) is 2.52. The van der Waals surface area contributed by atoms with Gasteiger partial charge >= 0.3 is 5.69 Å². The minimum atomic E-state index is -0.491. The van der Waals surface area contributed by atoms with Crippen molar-refractivity contribution >= 4 is 33.9 Å². The summed E-state index contributed by atoms with van der Waals surface area (Å²) in [6.45, 7) is 2.81. The van der Waals surface area contributed by atoms with E-state index < -0.39 is 4.92 Å². The maximum absolute atomic E-state index is 11.4. The van der Waals surface area contributed by atoms with Crippen molar-refractivity contribution in [2.45, 2.75) is 0 Å². The third-order valence-corrected chi connectivity index (χ3v) is 4.51. The molecule has 3 heterocycles. The smallest absolute Gasteiger partial charge is 0.311 e. The van der Waals surface area contributed by atoms with Crippen molar-refractivity contribution in [1.82, 2.24) is 15.0 Å². The first-order chi connectivity index (χ1) is 13.7. The molecule has 4 rings (SSSR count). The van der Waals surface area contributed by atoms with Crippen LogP contribution in [0.2, 0.25) is 0 Å². The van der Waals surface area contributed by atoms with Crippen molar-refractivity contribution in [3.63, 3.8) is 0 Å². The predicted molar refractivity (Wildman–Crippen MR) is 103 cm³/mol. The number of fused-ring (bicyclic) bond motifs is 1. The van der Waals surface area contributed by atoms with E-state index in [1.54, 1.807) is 6.20 Å². The summed E-state index contributed by atoms with van der Waals surface area (Å²) in [6, 6.07) is 6.77. The third kappa shape index (κ3) is 3.37. The molecule has 0 atom stereocenters. The number of nitro groups is 1. The normalized spacial score (nSPS) is 14.1. The van der Waals surface area contributed by atoms with Crippen molar-refractivity contribution in [3.8, 4) is 5.75 Å². The Kier molecular flexibility index (Phi) is 4.85. The minimum Gasteiger partial charge on any atom is -0.490 e. The molecule has 0 bridgehead atoms. The molecule has 0 amide bonds. The van der Waals surface area contributed by atoms with E-state index in [-0.39, 0.29) is 11.4 Å². The van der Waals surface area contributed by atoms with Gasteiger partial charge in [0.2, 0.25) is 0 Å². The Labute approximate surface area is 160 Å². The van der Waals surface area contributed by atoms with Crippen LogP contribution in [0.25, 0.3) is 10.9 Å². The fourth-order valence-corrected chi connectivity index (χ4v) is 3.14. The molecule has 2 aromatic heterocycles. The first kappa shape index (κ1) is 17.9. The molecule has 1 saturated heterocycles. The number of pyridine rings is 1. The Bertz CT molecular complexity index is 1020. The highest BCUT2D eigenvalue weighted by atomic mass is 16.6. The van der Waals surface area contributed by atoms with Crippen LogP contribution in [-0.2, 0) is 4.74 Å². The second-order valence-electron chi connectivity index (χ2n) is 6.12. The van der Waals surface area contributed by atoms with Gasteiger partial charge in [-0.3, -0.25) is 10.1 Å². The van der Waals surface area contributed by atoms with Crippen molar-refractivity contribution in [2.24, 2.45) is 0 Å².